The first kappa shape index (κ1) is 21.5. The van der Waals surface area contributed by atoms with Crippen molar-refractivity contribution in [2.45, 2.75) is 6.54 Å². The first-order chi connectivity index (χ1) is 16.5. The van der Waals surface area contributed by atoms with Gasteiger partial charge in [0.15, 0.2) is 11.3 Å². The molecule has 0 aliphatic rings. The van der Waals surface area contributed by atoms with Gasteiger partial charge in [0.2, 0.25) is 0 Å². The number of fused-ring (bicyclic) bond motifs is 1. The molecule has 0 saturated carbocycles. The predicted octanol–water partition coefficient (Wildman–Crippen LogP) is 6.15. The van der Waals surface area contributed by atoms with Gasteiger partial charge in [0, 0.05) is 29.3 Å². The Kier molecular flexibility index (Phi) is 5.84. The standard InChI is InChI=1S/C26H19ClN4O3/c27-19-10-6-17(7-11-19)16-28-24-14-22(29-25-15-23(26(32)33)30-31(24)25)18-8-12-21(13-9-18)34-20-4-2-1-3-5-20/h1-15,28H,16H2,(H,32,33). The average Bonchev–Trinajstić information content (AvgIpc) is 3.30. The number of nitrogens with zero attached hydrogens (tertiary/aromatic N) is 3. The lowest BCUT2D eigenvalue weighted by molar-refractivity contribution is 0.0690. The van der Waals surface area contributed by atoms with Gasteiger partial charge in [-0.05, 0) is 54.1 Å². The second kappa shape index (κ2) is 9.25. The van der Waals surface area contributed by atoms with Crippen LogP contribution in [0.4, 0.5) is 5.82 Å². The van der Waals surface area contributed by atoms with Crippen molar-refractivity contribution in [2.24, 2.45) is 0 Å². The monoisotopic (exact) mass is 470 g/mol. The van der Waals surface area contributed by atoms with Crippen LogP contribution >= 0.6 is 11.6 Å². The topological polar surface area (TPSA) is 88.8 Å². The second-order valence-electron chi connectivity index (χ2n) is 7.55. The lowest BCUT2D eigenvalue weighted by atomic mass is 10.1. The van der Waals surface area contributed by atoms with Gasteiger partial charge in [-0.15, -0.1) is 0 Å². The Balaban J connectivity index is 1.46. The highest BCUT2D eigenvalue weighted by Gasteiger charge is 2.15. The Morgan fingerprint density at radius 1 is 0.941 bits per heavy atom. The van der Waals surface area contributed by atoms with Gasteiger partial charge in [0.1, 0.15) is 17.3 Å². The van der Waals surface area contributed by atoms with Crippen molar-refractivity contribution in [3.8, 4) is 22.8 Å². The van der Waals surface area contributed by atoms with Crippen molar-refractivity contribution >= 4 is 29.0 Å². The van der Waals surface area contributed by atoms with E-state index >= 15 is 0 Å². The van der Waals surface area contributed by atoms with Gasteiger partial charge in [0.25, 0.3) is 0 Å². The minimum absolute atomic E-state index is 0.0780. The van der Waals surface area contributed by atoms with Crippen molar-refractivity contribution < 1.29 is 14.6 Å². The Morgan fingerprint density at radius 2 is 1.65 bits per heavy atom. The number of ether oxygens (including phenoxy) is 1. The number of anilines is 1. The van der Waals surface area contributed by atoms with Gasteiger partial charge in [-0.25, -0.2) is 9.78 Å². The fourth-order valence-electron chi connectivity index (χ4n) is 3.47. The number of hydrogen-bond donors (Lipinski definition) is 2. The van der Waals surface area contributed by atoms with Gasteiger partial charge >= 0.3 is 5.97 Å². The van der Waals surface area contributed by atoms with E-state index in [-0.39, 0.29) is 5.69 Å². The van der Waals surface area contributed by atoms with E-state index in [1.54, 1.807) is 0 Å². The molecule has 34 heavy (non-hydrogen) atoms. The quantitative estimate of drug-likeness (QED) is 0.296. The zero-order valence-electron chi connectivity index (χ0n) is 17.9. The molecule has 2 heterocycles. The van der Waals surface area contributed by atoms with Crippen LogP contribution in [-0.2, 0) is 6.54 Å². The molecule has 0 amide bonds. The summed E-state index contributed by atoms with van der Waals surface area (Å²) >= 11 is 5.98. The van der Waals surface area contributed by atoms with Gasteiger partial charge in [-0.2, -0.15) is 9.61 Å². The number of aromatic carboxylic acids is 1. The van der Waals surface area contributed by atoms with Gasteiger partial charge in [-0.1, -0.05) is 41.9 Å². The van der Waals surface area contributed by atoms with E-state index in [0.29, 0.717) is 34.5 Å². The first-order valence-corrected chi connectivity index (χ1v) is 10.9. The van der Waals surface area contributed by atoms with E-state index in [2.05, 4.69) is 15.4 Å². The number of carbonyl (C=O) groups is 1. The summed E-state index contributed by atoms with van der Waals surface area (Å²) in [6, 6.07) is 27.9. The number of hydrogen-bond acceptors (Lipinski definition) is 5. The Hall–Kier alpha value is -4.36. The van der Waals surface area contributed by atoms with Gasteiger partial charge < -0.3 is 15.2 Å². The molecule has 0 aliphatic carbocycles. The zero-order valence-corrected chi connectivity index (χ0v) is 18.6. The summed E-state index contributed by atoms with van der Waals surface area (Å²) < 4.78 is 7.36. The van der Waals surface area contributed by atoms with Crippen molar-refractivity contribution in [1.29, 1.82) is 0 Å². The molecule has 5 aromatic rings. The summed E-state index contributed by atoms with van der Waals surface area (Å²) in [6.45, 7) is 0.502. The van der Waals surface area contributed by atoms with Gasteiger partial charge in [0.05, 0.1) is 5.69 Å². The largest absolute Gasteiger partial charge is 0.476 e. The fraction of sp³-hybridized carbons (Fsp3) is 0.0385. The fourth-order valence-corrected chi connectivity index (χ4v) is 3.59. The van der Waals surface area contributed by atoms with E-state index < -0.39 is 5.97 Å². The van der Waals surface area contributed by atoms with Crippen LogP contribution in [0, 0.1) is 0 Å². The molecule has 168 valence electrons. The van der Waals surface area contributed by atoms with Crippen LogP contribution < -0.4 is 10.1 Å². The van der Waals surface area contributed by atoms with Crippen molar-refractivity contribution in [1.82, 2.24) is 14.6 Å². The molecule has 8 heteroatoms. The minimum Gasteiger partial charge on any atom is -0.476 e. The molecule has 2 aromatic heterocycles. The van der Waals surface area contributed by atoms with E-state index in [4.69, 9.17) is 16.3 Å². The Bertz CT molecular complexity index is 1450. The molecule has 0 unspecified atom stereocenters. The van der Waals surface area contributed by atoms with Crippen LogP contribution in [0.1, 0.15) is 16.1 Å². The molecule has 5 rings (SSSR count). The molecule has 3 aromatic carbocycles. The predicted molar refractivity (Wildman–Crippen MR) is 131 cm³/mol. The third kappa shape index (κ3) is 4.69. The highest BCUT2D eigenvalue weighted by molar-refractivity contribution is 6.30. The third-order valence-corrected chi connectivity index (χ3v) is 5.41. The van der Waals surface area contributed by atoms with Crippen LogP contribution in [0.15, 0.2) is 91.0 Å². The molecule has 2 N–H and O–H groups in total. The Morgan fingerprint density at radius 3 is 2.35 bits per heavy atom. The summed E-state index contributed by atoms with van der Waals surface area (Å²) in [5.74, 6) is 0.962. The van der Waals surface area contributed by atoms with E-state index in [1.807, 2.05) is 84.9 Å². The van der Waals surface area contributed by atoms with Crippen LogP contribution in [-0.4, -0.2) is 25.7 Å². The lowest BCUT2D eigenvalue weighted by Gasteiger charge is -2.11. The molecule has 0 spiro atoms. The van der Waals surface area contributed by atoms with Crippen LogP contribution in [0.5, 0.6) is 11.5 Å². The first-order valence-electron chi connectivity index (χ1n) is 10.5. The van der Waals surface area contributed by atoms with Gasteiger partial charge in [-0.3, -0.25) is 0 Å². The minimum atomic E-state index is -1.11. The number of para-hydroxylation sites is 1. The smallest absolute Gasteiger partial charge is 0.356 e. The molecule has 0 fully saturated rings. The zero-order chi connectivity index (χ0) is 23.5. The number of carboxylic acids is 1. The summed E-state index contributed by atoms with van der Waals surface area (Å²) in [5.41, 5.74) is 2.90. The molecule has 0 saturated heterocycles. The van der Waals surface area contributed by atoms with Crippen LogP contribution in [0.25, 0.3) is 16.9 Å². The average molecular weight is 471 g/mol. The number of nitrogens with one attached hydrogen (secondary N) is 1. The molecule has 0 bridgehead atoms. The number of aromatic nitrogens is 3. The summed E-state index contributed by atoms with van der Waals surface area (Å²) in [7, 11) is 0. The Labute approximate surface area is 200 Å². The normalized spacial score (nSPS) is 10.9. The van der Waals surface area contributed by atoms with E-state index in [0.717, 1.165) is 16.9 Å². The molecule has 0 radical (unpaired) electrons. The highest BCUT2D eigenvalue weighted by atomic mass is 35.5. The molecule has 0 aliphatic heterocycles. The maximum atomic E-state index is 11.5. The van der Waals surface area contributed by atoms with E-state index in [1.165, 1.54) is 10.6 Å². The van der Waals surface area contributed by atoms with Crippen molar-refractivity contribution in [3.63, 3.8) is 0 Å². The number of rotatable bonds is 7. The number of benzene rings is 3. The number of carboxylic acid groups (broad SMARTS) is 1. The molecule has 7 nitrogen and oxygen atoms in total. The lowest BCUT2D eigenvalue weighted by Crippen LogP contribution is -2.07. The maximum absolute atomic E-state index is 11.5. The van der Waals surface area contributed by atoms with Crippen molar-refractivity contribution in [3.05, 3.63) is 107 Å². The summed E-state index contributed by atoms with van der Waals surface area (Å²) in [4.78, 5) is 16.1. The molecular weight excluding hydrogens is 452 g/mol. The molecular formula is C26H19ClN4O3. The molecule has 0 atom stereocenters. The SMILES string of the molecule is O=C(O)c1cc2nc(-c3ccc(Oc4ccccc4)cc3)cc(NCc3ccc(Cl)cc3)n2n1. The van der Waals surface area contributed by atoms with Crippen LogP contribution in [0.3, 0.4) is 0 Å². The van der Waals surface area contributed by atoms with Crippen molar-refractivity contribution in [2.75, 3.05) is 5.32 Å². The third-order valence-electron chi connectivity index (χ3n) is 5.16. The maximum Gasteiger partial charge on any atom is 0.356 e. The van der Waals surface area contributed by atoms with E-state index in [9.17, 15) is 9.90 Å². The summed E-state index contributed by atoms with van der Waals surface area (Å²) in [5, 5.41) is 17.6. The summed E-state index contributed by atoms with van der Waals surface area (Å²) in [6.07, 6.45) is 0. The second-order valence-corrected chi connectivity index (χ2v) is 7.99. The number of halogens is 1. The van der Waals surface area contributed by atoms with Crippen LogP contribution in [0.2, 0.25) is 5.02 Å². The highest BCUT2D eigenvalue weighted by Crippen LogP contribution is 2.27.